The third kappa shape index (κ3) is 4.44. The molecule has 18 heavy (non-hydrogen) atoms. The molecule has 4 heteroatoms. The molecule has 102 valence electrons. The third-order valence-electron chi connectivity index (χ3n) is 3.64. The van der Waals surface area contributed by atoms with Gasteiger partial charge >= 0.3 is 0 Å². The first-order chi connectivity index (χ1) is 8.74. The summed E-state index contributed by atoms with van der Waals surface area (Å²) in [6, 6.07) is 4.86. The molecule has 0 radical (unpaired) electrons. The van der Waals surface area contributed by atoms with Crippen molar-refractivity contribution in [1.82, 2.24) is 10.2 Å². The van der Waals surface area contributed by atoms with Gasteiger partial charge in [-0.1, -0.05) is 0 Å². The SMILES string of the molecule is CC(Cc1ccco1)NCCN1CCC(N)CC1. The van der Waals surface area contributed by atoms with Crippen LogP contribution in [-0.2, 0) is 6.42 Å². The maximum absolute atomic E-state index is 5.90. The lowest BCUT2D eigenvalue weighted by atomic mass is 10.1. The molecule has 1 aliphatic rings. The van der Waals surface area contributed by atoms with Gasteiger partial charge in [0.25, 0.3) is 0 Å². The second kappa shape index (κ2) is 6.92. The molecule has 1 fully saturated rings. The number of nitrogens with one attached hydrogen (secondary N) is 1. The summed E-state index contributed by atoms with van der Waals surface area (Å²) in [4.78, 5) is 2.50. The van der Waals surface area contributed by atoms with Crippen molar-refractivity contribution in [2.45, 2.75) is 38.3 Å². The number of nitrogens with two attached hydrogens (primary N) is 1. The van der Waals surface area contributed by atoms with Crippen LogP contribution in [0.2, 0.25) is 0 Å². The summed E-state index contributed by atoms with van der Waals surface area (Å²) in [7, 11) is 0. The molecular weight excluding hydrogens is 226 g/mol. The smallest absolute Gasteiger partial charge is 0.105 e. The Morgan fingerprint density at radius 1 is 1.50 bits per heavy atom. The van der Waals surface area contributed by atoms with Crippen molar-refractivity contribution in [3.63, 3.8) is 0 Å². The fourth-order valence-electron chi connectivity index (χ4n) is 2.45. The first kappa shape index (κ1) is 13.6. The number of likely N-dealkylation sites (tertiary alicyclic amines) is 1. The van der Waals surface area contributed by atoms with Crippen LogP contribution in [0.15, 0.2) is 22.8 Å². The Morgan fingerprint density at radius 3 is 2.94 bits per heavy atom. The van der Waals surface area contributed by atoms with Crippen LogP contribution in [0.25, 0.3) is 0 Å². The van der Waals surface area contributed by atoms with Crippen molar-refractivity contribution >= 4 is 0 Å². The number of rotatable bonds is 6. The minimum Gasteiger partial charge on any atom is -0.469 e. The van der Waals surface area contributed by atoms with Crippen LogP contribution < -0.4 is 11.1 Å². The van der Waals surface area contributed by atoms with E-state index in [1.54, 1.807) is 6.26 Å². The number of furan rings is 1. The highest BCUT2D eigenvalue weighted by Gasteiger charge is 2.15. The molecule has 2 rings (SSSR count). The van der Waals surface area contributed by atoms with Crippen LogP contribution in [0.1, 0.15) is 25.5 Å². The van der Waals surface area contributed by atoms with E-state index in [2.05, 4.69) is 17.1 Å². The number of hydrogen-bond acceptors (Lipinski definition) is 4. The summed E-state index contributed by atoms with van der Waals surface area (Å²) >= 11 is 0. The lowest BCUT2D eigenvalue weighted by molar-refractivity contribution is 0.211. The third-order valence-corrected chi connectivity index (χ3v) is 3.64. The van der Waals surface area contributed by atoms with Gasteiger partial charge in [0.05, 0.1) is 6.26 Å². The van der Waals surface area contributed by atoms with Gasteiger partial charge in [-0.05, 0) is 45.0 Å². The Kier molecular flexibility index (Phi) is 5.23. The van der Waals surface area contributed by atoms with E-state index in [-0.39, 0.29) is 0 Å². The molecule has 2 heterocycles. The van der Waals surface area contributed by atoms with Crippen LogP contribution in [-0.4, -0.2) is 43.2 Å². The lowest BCUT2D eigenvalue weighted by Gasteiger charge is -2.30. The quantitative estimate of drug-likeness (QED) is 0.798. The number of nitrogens with zero attached hydrogens (tertiary/aromatic N) is 1. The lowest BCUT2D eigenvalue weighted by Crippen LogP contribution is -2.43. The summed E-state index contributed by atoms with van der Waals surface area (Å²) in [5, 5.41) is 3.55. The molecule has 1 unspecified atom stereocenters. The summed E-state index contributed by atoms with van der Waals surface area (Å²) in [5.74, 6) is 1.05. The van der Waals surface area contributed by atoms with E-state index in [1.165, 1.54) is 0 Å². The molecule has 1 saturated heterocycles. The Hall–Kier alpha value is -0.840. The van der Waals surface area contributed by atoms with Crippen molar-refractivity contribution in [2.24, 2.45) is 5.73 Å². The first-order valence-electron chi connectivity index (χ1n) is 6.98. The molecule has 0 amide bonds. The van der Waals surface area contributed by atoms with E-state index in [1.807, 2.05) is 12.1 Å². The van der Waals surface area contributed by atoms with E-state index in [0.29, 0.717) is 12.1 Å². The molecule has 0 spiro atoms. The Labute approximate surface area is 110 Å². The maximum atomic E-state index is 5.90. The number of piperidine rings is 1. The van der Waals surface area contributed by atoms with Crippen LogP contribution in [0, 0.1) is 0 Å². The largest absolute Gasteiger partial charge is 0.469 e. The van der Waals surface area contributed by atoms with Gasteiger partial charge in [-0.3, -0.25) is 0 Å². The van der Waals surface area contributed by atoms with E-state index in [4.69, 9.17) is 10.2 Å². The van der Waals surface area contributed by atoms with Gasteiger partial charge in [-0.25, -0.2) is 0 Å². The highest BCUT2D eigenvalue weighted by Crippen LogP contribution is 2.07. The predicted molar refractivity (Wildman–Crippen MR) is 73.5 cm³/mol. The topological polar surface area (TPSA) is 54.4 Å². The van der Waals surface area contributed by atoms with E-state index in [9.17, 15) is 0 Å². The van der Waals surface area contributed by atoms with Crippen molar-refractivity contribution < 1.29 is 4.42 Å². The Bertz CT molecular complexity index is 318. The van der Waals surface area contributed by atoms with Crippen LogP contribution in [0.5, 0.6) is 0 Å². The summed E-state index contributed by atoms with van der Waals surface area (Å²) < 4.78 is 5.35. The average Bonchev–Trinajstić information content (AvgIpc) is 2.84. The monoisotopic (exact) mass is 251 g/mol. The fourth-order valence-corrected chi connectivity index (χ4v) is 2.45. The predicted octanol–water partition coefficient (Wildman–Crippen LogP) is 1.22. The van der Waals surface area contributed by atoms with Crippen molar-refractivity contribution in [2.75, 3.05) is 26.2 Å². The molecule has 4 nitrogen and oxygen atoms in total. The second-order valence-electron chi connectivity index (χ2n) is 5.32. The molecule has 1 aromatic rings. The molecule has 1 atom stereocenters. The highest BCUT2D eigenvalue weighted by molar-refractivity contribution is 4.99. The van der Waals surface area contributed by atoms with E-state index >= 15 is 0 Å². The standard InChI is InChI=1S/C14H25N3O/c1-12(11-14-3-2-10-18-14)16-6-9-17-7-4-13(15)5-8-17/h2-3,10,12-13,16H,4-9,11,15H2,1H3. The summed E-state index contributed by atoms with van der Waals surface area (Å²) in [6.45, 7) is 6.66. The van der Waals surface area contributed by atoms with Gasteiger partial charge < -0.3 is 20.4 Å². The molecular formula is C14H25N3O. The minimum absolute atomic E-state index is 0.423. The first-order valence-corrected chi connectivity index (χ1v) is 6.98. The van der Waals surface area contributed by atoms with Crippen LogP contribution in [0.4, 0.5) is 0 Å². The maximum Gasteiger partial charge on any atom is 0.105 e. The number of hydrogen-bond donors (Lipinski definition) is 2. The molecule has 1 aromatic heterocycles. The molecule has 0 bridgehead atoms. The highest BCUT2D eigenvalue weighted by atomic mass is 16.3. The van der Waals surface area contributed by atoms with E-state index in [0.717, 1.165) is 51.2 Å². The van der Waals surface area contributed by atoms with Gasteiger partial charge in [0, 0.05) is 31.6 Å². The molecule has 1 aliphatic heterocycles. The van der Waals surface area contributed by atoms with Crippen molar-refractivity contribution in [3.05, 3.63) is 24.2 Å². The molecule has 0 aliphatic carbocycles. The normalized spacial score (nSPS) is 20.1. The Balaban J connectivity index is 1.57. The van der Waals surface area contributed by atoms with Crippen molar-refractivity contribution in [3.8, 4) is 0 Å². The van der Waals surface area contributed by atoms with Gasteiger partial charge in [-0.15, -0.1) is 0 Å². The van der Waals surface area contributed by atoms with Gasteiger partial charge in [0.2, 0.25) is 0 Å². The Morgan fingerprint density at radius 2 is 2.28 bits per heavy atom. The molecule has 3 N–H and O–H groups in total. The van der Waals surface area contributed by atoms with Gasteiger partial charge in [0.1, 0.15) is 5.76 Å². The van der Waals surface area contributed by atoms with E-state index < -0.39 is 0 Å². The van der Waals surface area contributed by atoms with Crippen molar-refractivity contribution in [1.29, 1.82) is 0 Å². The van der Waals surface area contributed by atoms with Crippen LogP contribution >= 0.6 is 0 Å². The molecule has 0 saturated carbocycles. The molecule has 0 aromatic carbocycles. The van der Waals surface area contributed by atoms with Crippen LogP contribution in [0.3, 0.4) is 0 Å². The zero-order valence-corrected chi connectivity index (χ0v) is 11.3. The summed E-state index contributed by atoms with van der Waals surface area (Å²) in [6.07, 6.45) is 4.97. The van der Waals surface area contributed by atoms with Gasteiger partial charge in [0.15, 0.2) is 0 Å². The van der Waals surface area contributed by atoms with Gasteiger partial charge in [-0.2, -0.15) is 0 Å². The zero-order chi connectivity index (χ0) is 12.8. The minimum atomic E-state index is 0.423. The second-order valence-corrected chi connectivity index (χ2v) is 5.32. The fraction of sp³-hybridized carbons (Fsp3) is 0.714. The average molecular weight is 251 g/mol. The summed E-state index contributed by atoms with van der Waals surface area (Å²) in [5.41, 5.74) is 5.90. The zero-order valence-electron chi connectivity index (χ0n) is 11.3.